The summed E-state index contributed by atoms with van der Waals surface area (Å²) in [5.41, 5.74) is -7.63. The zero-order valence-corrected chi connectivity index (χ0v) is 75.2. The molecule has 24 nitrogen and oxygen atoms in total. The maximum absolute atomic E-state index is 10.7. The Labute approximate surface area is 756 Å². The number of aromatic amines is 4. The minimum Gasteiger partial charge on any atom is -0.741 e. The first-order chi connectivity index (χ1) is 49.9. The summed E-state index contributed by atoms with van der Waals surface area (Å²) in [7, 11) is -24.4. The zero-order valence-electron chi connectivity index (χ0n) is 53.4. The Balaban J connectivity index is 0.000000657. The van der Waals surface area contributed by atoms with Crippen molar-refractivity contribution in [3.63, 3.8) is 0 Å². The molecule has 616 valence electrons. The predicted molar refractivity (Wildman–Crippen MR) is 394 cm³/mol. The van der Waals surface area contributed by atoms with Crippen LogP contribution >= 0.6 is 127 Å². The van der Waals surface area contributed by atoms with Gasteiger partial charge < -0.3 is 38.1 Å². The van der Waals surface area contributed by atoms with E-state index < -0.39 is 62.5 Å². The third-order valence-electron chi connectivity index (χ3n) is 11.8. The van der Waals surface area contributed by atoms with Crippen molar-refractivity contribution in [2.45, 2.75) is 22.0 Å². The summed E-state index contributed by atoms with van der Waals surface area (Å²) < 4.78 is 242. The van der Waals surface area contributed by atoms with E-state index >= 15 is 0 Å². The largest absolute Gasteiger partial charge is 1.00 e. The Morgan fingerprint density at radius 2 is 0.304 bits per heavy atom. The van der Waals surface area contributed by atoms with Gasteiger partial charge in [-0.2, -0.15) is 52.7 Å². The van der Waals surface area contributed by atoms with Gasteiger partial charge in [0.05, 0.1) is 91.1 Å². The fourth-order valence-corrected chi connectivity index (χ4v) is 9.99. The van der Waals surface area contributed by atoms with Crippen molar-refractivity contribution in [3.05, 3.63) is 231 Å². The predicted octanol–water partition coefficient (Wildman–Crippen LogP) is 18.9. The second-order valence-corrected chi connectivity index (χ2v) is 31.5. The third-order valence-corrected chi connectivity index (χ3v) is 17.6. The first kappa shape index (κ1) is 106. The molecule has 0 fully saturated rings. The van der Waals surface area contributed by atoms with Crippen molar-refractivity contribution in [2.24, 2.45) is 0 Å². The fourth-order valence-electron chi connectivity index (χ4n) is 7.24. The molecule has 0 saturated heterocycles. The Morgan fingerprint density at radius 3 is 0.375 bits per heavy atom. The van der Waals surface area contributed by atoms with E-state index in [-0.39, 0.29) is 89.5 Å². The topological polar surface area (TPSA) is 395 Å². The molecule has 12 aromatic rings. The van der Waals surface area contributed by atoms with Gasteiger partial charge in [-0.05, 0) is 273 Å². The van der Waals surface area contributed by atoms with E-state index in [1.54, 1.807) is 0 Å². The van der Waals surface area contributed by atoms with E-state index in [9.17, 15) is 52.7 Å². The van der Waals surface area contributed by atoms with Gasteiger partial charge in [-0.3, -0.25) is 0 Å². The molecule has 0 aliphatic carbocycles. The van der Waals surface area contributed by atoms with Crippen LogP contribution in [0.25, 0.3) is 91.1 Å². The maximum atomic E-state index is 10.7. The average molecular weight is 2540 g/mol. The Bertz CT molecular complexity index is 4610. The molecular weight excluding hydrogens is 2510 g/mol. The molecule has 0 spiro atoms. The summed E-state index contributed by atoms with van der Waals surface area (Å²) >= 11 is 27.0. The van der Waals surface area contributed by atoms with Crippen LogP contribution in [0.2, 0.25) is 0 Å². The third kappa shape index (κ3) is 36.0. The molecule has 0 atom stereocenters. The first-order valence-corrected chi connectivity index (χ1v) is 39.7. The summed E-state index contributed by atoms with van der Waals surface area (Å²) in [6, 6.07) is 62.7. The molecule has 12 heterocycles. The summed E-state index contributed by atoms with van der Waals surface area (Å²) in [5.74, 6) is 0. The number of hydrogen-bond acceptors (Lipinski definition) is 20. The van der Waals surface area contributed by atoms with E-state index in [1.165, 1.54) is 0 Å². The van der Waals surface area contributed by atoms with E-state index in [1.807, 2.05) is 194 Å². The number of nitrogens with zero attached hydrogens (tertiary/aromatic N) is 8. The van der Waals surface area contributed by atoms with Gasteiger partial charge in [0.2, 0.25) is 0 Å². The van der Waals surface area contributed by atoms with Crippen molar-refractivity contribution in [1.82, 2.24) is 59.8 Å². The molecule has 0 aliphatic rings. The number of H-pyrrole nitrogens is 4. The van der Waals surface area contributed by atoms with Gasteiger partial charge in [0, 0.05) is 0 Å². The minimum atomic E-state index is -6.09. The van der Waals surface area contributed by atoms with Crippen molar-refractivity contribution < 1.29 is 194 Å². The van der Waals surface area contributed by atoms with Gasteiger partial charge in [0.25, 0.3) is 0 Å². The molecule has 0 aromatic carbocycles. The Hall–Kier alpha value is -4.08. The monoisotopic (exact) mass is 2530 g/mol. The molecule has 0 bridgehead atoms. The molecular formula is C60H36Ag4Br8F12N12O12S4. The second kappa shape index (κ2) is 46.9. The molecule has 4 N–H and O–H groups in total. The van der Waals surface area contributed by atoms with Crippen LogP contribution in [0.15, 0.2) is 231 Å². The van der Waals surface area contributed by atoms with Gasteiger partial charge in [0.1, 0.15) is 36.8 Å². The van der Waals surface area contributed by atoms with E-state index in [4.69, 9.17) is 51.9 Å². The molecule has 0 radical (unpaired) electrons. The molecule has 112 heavy (non-hydrogen) atoms. The van der Waals surface area contributed by atoms with Crippen molar-refractivity contribution in [1.29, 1.82) is 0 Å². The molecule has 12 aromatic heterocycles. The Morgan fingerprint density at radius 1 is 0.214 bits per heavy atom. The van der Waals surface area contributed by atoms with Crippen LogP contribution in [0.1, 0.15) is 0 Å². The van der Waals surface area contributed by atoms with Gasteiger partial charge in [-0.1, -0.05) is 48.5 Å². The summed E-state index contributed by atoms with van der Waals surface area (Å²) in [6.45, 7) is 0. The van der Waals surface area contributed by atoms with Crippen LogP contribution < -0.4 is 0 Å². The maximum Gasteiger partial charge on any atom is 1.00 e. The van der Waals surface area contributed by atoms with Crippen LogP contribution in [0, 0.1) is 0 Å². The minimum absolute atomic E-state index is 0. The first-order valence-electron chi connectivity index (χ1n) is 27.8. The molecule has 0 saturated carbocycles. The van der Waals surface area contributed by atoms with Gasteiger partial charge in [-0.15, -0.1) is 0 Å². The van der Waals surface area contributed by atoms with Crippen molar-refractivity contribution >= 4 is 168 Å². The number of nitrogens with one attached hydrogen (secondary N) is 4. The van der Waals surface area contributed by atoms with Crippen LogP contribution in [-0.4, -0.2) is 134 Å². The summed E-state index contributed by atoms with van der Waals surface area (Å²) in [4.78, 5) is 48.7. The number of aromatic nitrogens is 12. The molecule has 12 rings (SSSR count). The van der Waals surface area contributed by atoms with E-state index in [0.717, 1.165) is 128 Å². The fraction of sp³-hybridized carbons (Fsp3) is 0.0667. The van der Waals surface area contributed by atoms with Gasteiger partial charge in [0.15, 0.2) is 40.5 Å². The Kier molecular flexibility index (Phi) is 44.4. The normalized spacial score (nSPS) is 11.2. The molecule has 0 unspecified atom stereocenters. The summed E-state index contributed by atoms with van der Waals surface area (Å²) in [5, 5.41) is 0. The number of halogens is 20. The molecule has 52 heteroatoms. The standard InChI is InChI=1S/4C14H9Br2N3.4CHF3O3S.4Ag/c4*15-13-5-1-3-9(18-13)11-7-8-12(17-11)10-4-2-6-14(16)19-10;4*2-1(3,4)8(5,6)7;;;;/h4*1-8,17H;4*(H,5,6,7);;;;/q;;;;;;;;4*+1/p-4. The van der Waals surface area contributed by atoms with E-state index in [0.29, 0.717) is 0 Å². The van der Waals surface area contributed by atoms with Gasteiger partial charge >= 0.3 is 112 Å². The van der Waals surface area contributed by atoms with Crippen molar-refractivity contribution in [2.75, 3.05) is 0 Å². The van der Waals surface area contributed by atoms with Crippen LogP contribution in [0.4, 0.5) is 52.7 Å². The van der Waals surface area contributed by atoms with Crippen LogP contribution in [0.3, 0.4) is 0 Å². The smallest absolute Gasteiger partial charge is 0.741 e. The number of hydrogen-bond donors (Lipinski definition) is 4. The van der Waals surface area contributed by atoms with Crippen molar-refractivity contribution in [3.8, 4) is 91.1 Å². The quantitative estimate of drug-likeness (QED) is 0.0361. The zero-order chi connectivity index (χ0) is 81.0. The number of pyridine rings is 8. The molecule has 0 amide bonds. The SMILES string of the molecule is Brc1cccc(-c2ccc(-c3cccc(Br)n3)[nH]2)n1.Brc1cccc(-c2ccc(-c3cccc(Br)n3)[nH]2)n1.Brc1cccc(-c2ccc(-c3cccc(Br)n3)[nH]2)n1.Brc1cccc(-c2ccc(-c3cccc(Br)n3)[nH]2)n1.O=S(=O)([O-])C(F)(F)F.O=S(=O)([O-])C(F)(F)F.O=S(=O)([O-])C(F)(F)F.O=S(=O)([O-])C(F)(F)F.[Ag+].[Ag+].[Ag+].[Ag+]. The average Bonchev–Trinajstić information content (AvgIpc) is 1.69. The molecule has 0 aliphatic heterocycles. The number of alkyl halides is 12. The van der Waals surface area contributed by atoms with Crippen LogP contribution in [0.5, 0.6) is 0 Å². The summed E-state index contributed by atoms with van der Waals surface area (Å²) in [6.07, 6.45) is 0. The number of rotatable bonds is 8. The van der Waals surface area contributed by atoms with Crippen LogP contribution in [-0.2, 0) is 130 Å². The van der Waals surface area contributed by atoms with Gasteiger partial charge in [-0.25, -0.2) is 73.5 Å². The second-order valence-electron chi connectivity index (χ2n) is 19.5. The van der Waals surface area contributed by atoms with E-state index in [2.05, 4.69) is 187 Å².